The standard InChI is InChI=1S/C26H29N3O5S/c1-19-7-2-3-8-21(19)18-35(32,33)29-14-12-20(13-15-29)25(30)28-24-11-5-4-10-23(24)26(31)27-17-22-9-6-16-34-22/h2-11,16,20H,12-15,17-18H2,1H3,(H,27,31)(H,28,30). The first-order chi connectivity index (χ1) is 16.8. The number of nitrogens with one attached hydrogen (secondary N) is 2. The zero-order chi connectivity index (χ0) is 24.8. The lowest BCUT2D eigenvalue weighted by Gasteiger charge is -2.30. The highest BCUT2D eigenvalue weighted by Gasteiger charge is 2.31. The van der Waals surface area contributed by atoms with Crippen LogP contribution in [0, 0.1) is 12.8 Å². The number of carbonyl (C=O) groups excluding carboxylic acids is 2. The second-order valence-corrected chi connectivity index (χ2v) is 10.6. The maximum absolute atomic E-state index is 13.0. The molecule has 0 saturated carbocycles. The first-order valence-electron chi connectivity index (χ1n) is 11.6. The molecule has 1 fully saturated rings. The summed E-state index contributed by atoms with van der Waals surface area (Å²) >= 11 is 0. The van der Waals surface area contributed by atoms with Gasteiger partial charge in [0.05, 0.1) is 29.8 Å². The van der Waals surface area contributed by atoms with Crippen LogP contribution in [0.3, 0.4) is 0 Å². The zero-order valence-electron chi connectivity index (χ0n) is 19.6. The number of anilines is 1. The summed E-state index contributed by atoms with van der Waals surface area (Å²) in [4.78, 5) is 25.6. The van der Waals surface area contributed by atoms with Gasteiger partial charge in [0.1, 0.15) is 5.76 Å². The van der Waals surface area contributed by atoms with E-state index in [1.54, 1.807) is 36.4 Å². The number of rotatable bonds is 8. The summed E-state index contributed by atoms with van der Waals surface area (Å²) in [6.07, 6.45) is 2.38. The van der Waals surface area contributed by atoms with Crippen molar-refractivity contribution in [3.05, 3.63) is 89.4 Å². The Morgan fingerprint density at radius 2 is 1.71 bits per heavy atom. The minimum Gasteiger partial charge on any atom is -0.467 e. The Balaban J connectivity index is 1.34. The number of carbonyl (C=O) groups is 2. The third kappa shape index (κ3) is 6.17. The molecule has 1 saturated heterocycles. The molecule has 35 heavy (non-hydrogen) atoms. The van der Waals surface area contributed by atoms with Gasteiger partial charge in [-0.15, -0.1) is 0 Å². The molecule has 1 aliphatic rings. The molecule has 1 aromatic heterocycles. The molecule has 0 spiro atoms. The maximum Gasteiger partial charge on any atom is 0.253 e. The summed E-state index contributed by atoms with van der Waals surface area (Å²) in [5.41, 5.74) is 2.50. The first-order valence-corrected chi connectivity index (χ1v) is 13.2. The molecule has 2 aromatic carbocycles. The second-order valence-electron chi connectivity index (χ2n) is 8.65. The molecule has 1 aliphatic heterocycles. The van der Waals surface area contributed by atoms with Gasteiger partial charge < -0.3 is 15.1 Å². The van der Waals surface area contributed by atoms with Crippen molar-refractivity contribution < 1.29 is 22.4 Å². The van der Waals surface area contributed by atoms with E-state index in [0.29, 0.717) is 29.9 Å². The Morgan fingerprint density at radius 3 is 2.43 bits per heavy atom. The molecule has 9 heteroatoms. The predicted molar refractivity (Wildman–Crippen MR) is 133 cm³/mol. The molecule has 3 aromatic rings. The number of benzene rings is 2. The van der Waals surface area contributed by atoms with Crippen molar-refractivity contribution in [2.45, 2.75) is 32.1 Å². The van der Waals surface area contributed by atoms with Gasteiger partial charge in [-0.05, 0) is 55.2 Å². The van der Waals surface area contributed by atoms with Crippen molar-refractivity contribution in [3.8, 4) is 0 Å². The molecule has 2 heterocycles. The van der Waals surface area contributed by atoms with Crippen LogP contribution < -0.4 is 10.6 Å². The van der Waals surface area contributed by atoms with Gasteiger partial charge in [0.2, 0.25) is 15.9 Å². The fourth-order valence-corrected chi connectivity index (χ4v) is 5.82. The molecular formula is C26H29N3O5S. The number of hydrogen-bond donors (Lipinski definition) is 2. The number of hydrogen-bond acceptors (Lipinski definition) is 5. The average Bonchev–Trinajstić information content (AvgIpc) is 3.38. The highest BCUT2D eigenvalue weighted by atomic mass is 32.2. The SMILES string of the molecule is Cc1ccccc1CS(=O)(=O)N1CCC(C(=O)Nc2ccccc2C(=O)NCc2ccco2)CC1. The van der Waals surface area contributed by atoms with E-state index in [9.17, 15) is 18.0 Å². The summed E-state index contributed by atoms with van der Waals surface area (Å²) in [7, 11) is -3.47. The number of furan rings is 1. The molecule has 0 bridgehead atoms. The minimum absolute atomic E-state index is 0.0446. The van der Waals surface area contributed by atoms with Gasteiger partial charge in [-0.1, -0.05) is 36.4 Å². The first kappa shape index (κ1) is 24.7. The van der Waals surface area contributed by atoms with Crippen LogP contribution in [-0.2, 0) is 27.1 Å². The lowest BCUT2D eigenvalue weighted by molar-refractivity contribution is -0.120. The molecule has 2 N–H and O–H groups in total. The predicted octanol–water partition coefficient (Wildman–Crippen LogP) is 3.70. The van der Waals surface area contributed by atoms with Crippen LogP contribution in [0.25, 0.3) is 0 Å². The Labute approximate surface area is 205 Å². The number of piperidine rings is 1. The van der Waals surface area contributed by atoms with E-state index < -0.39 is 10.0 Å². The lowest BCUT2D eigenvalue weighted by atomic mass is 9.97. The summed E-state index contributed by atoms with van der Waals surface area (Å²) in [5.74, 6) is -0.290. The Morgan fingerprint density at radius 1 is 1.00 bits per heavy atom. The van der Waals surface area contributed by atoms with Crippen molar-refractivity contribution in [2.24, 2.45) is 5.92 Å². The summed E-state index contributed by atoms with van der Waals surface area (Å²) in [6.45, 7) is 2.72. The third-order valence-electron chi connectivity index (χ3n) is 6.25. The third-order valence-corrected chi connectivity index (χ3v) is 8.08. The smallest absolute Gasteiger partial charge is 0.253 e. The van der Waals surface area contributed by atoms with E-state index in [2.05, 4.69) is 10.6 Å². The van der Waals surface area contributed by atoms with Gasteiger partial charge in [-0.25, -0.2) is 12.7 Å². The molecule has 0 atom stereocenters. The van der Waals surface area contributed by atoms with E-state index in [4.69, 9.17) is 4.42 Å². The molecule has 0 radical (unpaired) electrons. The highest BCUT2D eigenvalue weighted by molar-refractivity contribution is 7.88. The summed E-state index contributed by atoms with van der Waals surface area (Å²) in [5, 5.41) is 5.65. The zero-order valence-corrected chi connectivity index (χ0v) is 20.4. The van der Waals surface area contributed by atoms with Crippen LogP contribution in [-0.4, -0.2) is 37.6 Å². The molecule has 0 unspecified atom stereocenters. The molecule has 184 valence electrons. The molecule has 0 aliphatic carbocycles. The Bertz CT molecular complexity index is 1280. The molecule has 8 nitrogen and oxygen atoms in total. The van der Waals surface area contributed by atoms with Crippen LogP contribution in [0.15, 0.2) is 71.3 Å². The monoisotopic (exact) mass is 495 g/mol. The fraction of sp³-hybridized carbons (Fsp3) is 0.308. The van der Waals surface area contributed by atoms with Gasteiger partial charge in [0.25, 0.3) is 5.91 Å². The van der Waals surface area contributed by atoms with Crippen LogP contribution >= 0.6 is 0 Å². The number of para-hydroxylation sites is 1. The molecular weight excluding hydrogens is 466 g/mol. The Hall–Kier alpha value is -3.43. The van der Waals surface area contributed by atoms with Crippen LogP contribution in [0.5, 0.6) is 0 Å². The second kappa shape index (κ2) is 10.9. The van der Waals surface area contributed by atoms with Gasteiger partial charge in [0, 0.05) is 19.0 Å². The maximum atomic E-state index is 13.0. The lowest BCUT2D eigenvalue weighted by Crippen LogP contribution is -2.42. The van der Waals surface area contributed by atoms with Crippen molar-refractivity contribution in [3.63, 3.8) is 0 Å². The molecule has 4 rings (SSSR count). The van der Waals surface area contributed by atoms with Gasteiger partial charge >= 0.3 is 0 Å². The number of amides is 2. The normalized spacial score (nSPS) is 15.0. The average molecular weight is 496 g/mol. The quantitative estimate of drug-likeness (QED) is 0.495. The summed E-state index contributed by atoms with van der Waals surface area (Å²) < 4.78 is 32.5. The van der Waals surface area contributed by atoms with Crippen LogP contribution in [0.1, 0.15) is 40.1 Å². The van der Waals surface area contributed by atoms with Crippen LogP contribution in [0.4, 0.5) is 5.69 Å². The van der Waals surface area contributed by atoms with Crippen molar-refractivity contribution in [2.75, 3.05) is 18.4 Å². The molecule has 2 amide bonds. The van der Waals surface area contributed by atoms with E-state index in [-0.39, 0.29) is 43.1 Å². The van der Waals surface area contributed by atoms with Gasteiger partial charge in [0.15, 0.2) is 0 Å². The highest BCUT2D eigenvalue weighted by Crippen LogP contribution is 2.25. The van der Waals surface area contributed by atoms with Gasteiger partial charge in [-0.2, -0.15) is 0 Å². The topological polar surface area (TPSA) is 109 Å². The van der Waals surface area contributed by atoms with E-state index in [1.807, 2.05) is 31.2 Å². The van der Waals surface area contributed by atoms with Crippen molar-refractivity contribution in [1.29, 1.82) is 0 Å². The number of nitrogens with zero attached hydrogens (tertiary/aromatic N) is 1. The van der Waals surface area contributed by atoms with E-state index in [1.165, 1.54) is 10.6 Å². The Kier molecular flexibility index (Phi) is 7.67. The largest absolute Gasteiger partial charge is 0.467 e. The number of sulfonamides is 1. The van der Waals surface area contributed by atoms with Gasteiger partial charge in [-0.3, -0.25) is 9.59 Å². The van der Waals surface area contributed by atoms with Crippen molar-refractivity contribution in [1.82, 2.24) is 9.62 Å². The van der Waals surface area contributed by atoms with E-state index in [0.717, 1.165) is 11.1 Å². The van der Waals surface area contributed by atoms with Crippen molar-refractivity contribution >= 4 is 27.5 Å². The minimum atomic E-state index is -3.47. The van der Waals surface area contributed by atoms with Crippen LogP contribution in [0.2, 0.25) is 0 Å². The number of aryl methyl sites for hydroxylation is 1. The fourth-order valence-electron chi connectivity index (χ4n) is 4.16. The summed E-state index contributed by atoms with van der Waals surface area (Å²) in [6, 6.07) is 17.8. The van der Waals surface area contributed by atoms with E-state index >= 15 is 0 Å².